The van der Waals surface area contributed by atoms with Gasteiger partial charge < -0.3 is 10.1 Å². The normalized spacial score (nSPS) is 10.7. The molecule has 7 heteroatoms. The number of aromatic nitrogens is 4. The van der Waals surface area contributed by atoms with Crippen molar-refractivity contribution in [2.24, 2.45) is 7.05 Å². The molecule has 0 aliphatic rings. The number of amides is 1. The van der Waals surface area contributed by atoms with E-state index in [0.717, 1.165) is 28.3 Å². The second kappa shape index (κ2) is 6.80. The molecule has 0 aliphatic carbocycles. The number of benzene rings is 1. The first-order chi connectivity index (χ1) is 12.0. The fourth-order valence-electron chi connectivity index (χ4n) is 2.83. The minimum atomic E-state index is -0.219. The third kappa shape index (κ3) is 3.26. The molecule has 0 saturated heterocycles. The van der Waals surface area contributed by atoms with E-state index in [1.54, 1.807) is 17.9 Å². The minimum absolute atomic E-state index is 0.219. The van der Waals surface area contributed by atoms with Crippen molar-refractivity contribution in [3.05, 3.63) is 53.0 Å². The fourth-order valence-corrected chi connectivity index (χ4v) is 2.83. The Bertz CT molecular complexity index is 910. The first-order valence-electron chi connectivity index (χ1n) is 7.97. The summed E-state index contributed by atoms with van der Waals surface area (Å²) < 4.78 is 7.10. The maximum absolute atomic E-state index is 12.4. The predicted molar refractivity (Wildman–Crippen MR) is 94.4 cm³/mol. The van der Waals surface area contributed by atoms with Gasteiger partial charge in [0.1, 0.15) is 11.4 Å². The zero-order chi connectivity index (χ0) is 18.0. The lowest BCUT2D eigenvalue weighted by molar-refractivity contribution is 0.0945. The van der Waals surface area contributed by atoms with E-state index >= 15 is 0 Å². The second-order valence-electron chi connectivity index (χ2n) is 5.83. The number of carbonyl (C=O) groups is 1. The first-order valence-corrected chi connectivity index (χ1v) is 7.97. The van der Waals surface area contributed by atoms with Crippen LogP contribution in [0.5, 0.6) is 5.75 Å². The Morgan fingerprint density at radius 3 is 2.76 bits per heavy atom. The lowest BCUT2D eigenvalue weighted by Crippen LogP contribution is -2.23. The fraction of sp³-hybridized carbons (Fsp3) is 0.278. The third-order valence-corrected chi connectivity index (χ3v) is 4.22. The molecule has 2 N–H and O–H groups in total. The molecule has 2 heterocycles. The van der Waals surface area contributed by atoms with Gasteiger partial charge in [-0.15, -0.1) is 0 Å². The summed E-state index contributed by atoms with van der Waals surface area (Å²) in [4.78, 5) is 12.4. The van der Waals surface area contributed by atoms with Crippen molar-refractivity contribution in [1.82, 2.24) is 25.3 Å². The van der Waals surface area contributed by atoms with E-state index in [2.05, 4.69) is 20.6 Å². The first kappa shape index (κ1) is 16.8. The van der Waals surface area contributed by atoms with Crippen LogP contribution >= 0.6 is 0 Å². The molecule has 0 fully saturated rings. The zero-order valence-electron chi connectivity index (χ0n) is 14.8. The second-order valence-corrected chi connectivity index (χ2v) is 5.83. The number of ether oxygens (including phenoxy) is 1. The van der Waals surface area contributed by atoms with E-state index in [4.69, 9.17) is 4.74 Å². The predicted octanol–water partition coefficient (Wildman–Crippen LogP) is 2.37. The van der Waals surface area contributed by atoms with Crippen molar-refractivity contribution < 1.29 is 9.53 Å². The molecular weight excluding hydrogens is 318 g/mol. The third-order valence-electron chi connectivity index (χ3n) is 4.22. The van der Waals surface area contributed by atoms with Crippen LogP contribution in [0.15, 0.2) is 30.3 Å². The minimum Gasteiger partial charge on any atom is -0.496 e. The van der Waals surface area contributed by atoms with Gasteiger partial charge in [0, 0.05) is 30.4 Å². The summed E-state index contributed by atoms with van der Waals surface area (Å²) in [6.45, 7) is 4.28. The molecule has 25 heavy (non-hydrogen) atoms. The highest BCUT2D eigenvalue weighted by molar-refractivity contribution is 5.93. The standard InChI is InChI=1S/C18H21N5O2/c1-11-17(12(2)23(3)22-11)14-9-15(21-20-14)18(24)19-10-13-7-5-6-8-16(13)25-4/h5-9H,10H2,1-4H3,(H,19,24)(H,20,21). The smallest absolute Gasteiger partial charge is 0.269 e. The van der Waals surface area contributed by atoms with Gasteiger partial charge in [0.15, 0.2) is 0 Å². The lowest BCUT2D eigenvalue weighted by atomic mass is 10.1. The number of H-pyrrole nitrogens is 1. The van der Waals surface area contributed by atoms with Crippen LogP contribution < -0.4 is 10.1 Å². The van der Waals surface area contributed by atoms with Gasteiger partial charge in [-0.2, -0.15) is 10.2 Å². The van der Waals surface area contributed by atoms with Gasteiger partial charge in [0.25, 0.3) is 5.91 Å². The molecule has 0 atom stereocenters. The number of methoxy groups -OCH3 is 1. The van der Waals surface area contributed by atoms with Crippen molar-refractivity contribution in [3.8, 4) is 17.0 Å². The van der Waals surface area contributed by atoms with Crippen molar-refractivity contribution in [2.75, 3.05) is 7.11 Å². The van der Waals surface area contributed by atoms with Gasteiger partial charge in [-0.25, -0.2) is 0 Å². The number of para-hydroxylation sites is 1. The summed E-state index contributed by atoms with van der Waals surface area (Å²) >= 11 is 0. The molecule has 1 amide bonds. The highest BCUT2D eigenvalue weighted by Crippen LogP contribution is 2.25. The number of aromatic amines is 1. The summed E-state index contributed by atoms with van der Waals surface area (Å²) in [6.07, 6.45) is 0. The molecule has 7 nitrogen and oxygen atoms in total. The Morgan fingerprint density at radius 1 is 1.32 bits per heavy atom. The molecule has 3 aromatic rings. The Balaban J connectivity index is 1.75. The van der Waals surface area contributed by atoms with Crippen LogP contribution in [0.25, 0.3) is 11.3 Å². The Labute approximate surface area is 146 Å². The highest BCUT2D eigenvalue weighted by atomic mass is 16.5. The van der Waals surface area contributed by atoms with Crippen molar-refractivity contribution >= 4 is 5.91 Å². The molecule has 0 radical (unpaired) electrons. The van der Waals surface area contributed by atoms with E-state index in [0.29, 0.717) is 17.9 Å². The number of aryl methyl sites for hydroxylation is 2. The zero-order valence-corrected chi connectivity index (χ0v) is 14.8. The number of hydrogen-bond acceptors (Lipinski definition) is 4. The molecule has 130 valence electrons. The van der Waals surface area contributed by atoms with Crippen molar-refractivity contribution in [1.29, 1.82) is 0 Å². The number of nitrogens with zero attached hydrogens (tertiary/aromatic N) is 3. The lowest BCUT2D eigenvalue weighted by Gasteiger charge is -2.08. The van der Waals surface area contributed by atoms with Gasteiger partial charge in [-0.1, -0.05) is 18.2 Å². The van der Waals surface area contributed by atoms with Gasteiger partial charge >= 0.3 is 0 Å². The van der Waals surface area contributed by atoms with Crippen molar-refractivity contribution in [2.45, 2.75) is 20.4 Å². The molecule has 0 bridgehead atoms. The van der Waals surface area contributed by atoms with E-state index in [1.807, 2.05) is 45.2 Å². The number of hydrogen-bond donors (Lipinski definition) is 2. The summed E-state index contributed by atoms with van der Waals surface area (Å²) in [5, 5.41) is 14.3. The monoisotopic (exact) mass is 339 g/mol. The number of nitrogens with one attached hydrogen (secondary N) is 2. The summed E-state index contributed by atoms with van der Waals surface area (Å²) in [6, 6.07) is 9.33. The van der Waals surface area contributed by atoms with Crippen LogP contribution in [0.2, 0.25) is 0 Å². The van der Waals surface area contributed by atoms with Gasteiger partial charge in [-0.3, -0.25) is 14.6 Å². The molecule has 0 aliphatic heterocycles. The van der Waals surface area contributed by atoms with E-state index in [-0.39, 0.29) is 5.91 Å². The van der Waals surface area contributed by atoms with Crippen LogP contribution in [-0.4, -0.2) is 33.0 Å². The Hall–Kier alpha value is -3.09. The average molecular weight is 339 g/mol. The molecular formula is C18H21N5O2. The average Bonchev–Trinajstić information content (AvgIpc) is 3.18. The molecule has 3 rings (SSSR count). The van der Waals surface area contributed by atoms with Crippen LogP contribution in [0, 0.1) is 13.8 Å². The maximum Gasteiger partial charge on any atom is 0.269 e. The van der Waals surface area contributed by atoms with E-state index in [9.17, 15) is 4.79 Å². The number of carbonyl (C=O) groups excluding carboxylic acids is 1. The molecule has 0 spiro atoms. The quantitative estimate of drug-likeness (QED) is 0.747. The van der Waals surface area contributed by atoms with Gasteiger partial charge in [0.2, 0.25) is 0 Å². The van der Waals surface area contributed by atoms with Crippen LogP contribution in [0.4, 0.5) is 0 Å². The molecule has 0 saturated carbocycles. The summed E-state index contributed by atoms with van der Waals surface area (Å²) in [7, 11) is 3.50. The topological polar surface area (TPSA) is 84.8 Å². The van der Waals surface area contributed by atoms with Crippen LogP contribution in [0.1, 0.15) is 27.4 Å². The maximum atomic E-state index is 12.4. The summed E-state index contributed by atoms with van der Waals surface area (Å²) in [5.41, 5.74) is 4.87. The molecule has 0 unspecified atom stereocenters. The van der Waals surface area contributed by atoms with E-state index < -0.39 is 0 Å². The van der Waals surface area contributed by atoms with Crippen molar-refractivity contribution in [3.63, 3.8) is 0 Å². The number of rotatable bonds is 5. The Kier molecular flexibility index (Phi) is 4.56. The highest BCUT2D eigenvalue weighted by Gasteiger charge is 2.17. The SMILES string of the molecule is COc1ccccc1CNC(=O)c1cc(-c2c(C)nn(C)c2C)n[nH]1. The van der Waals surface area contributed by atoms with Crippen LogP contribution in [-0.2, 0) is 13.6 Å². The summed E-state index contributed by atoms with van der Waals surface area (Å²) in [5.74, 6) is 0.526. The molecule has 1 aromatic carbocycles. The van der Waals surface area contributed by atoms with E-state index in [1.165, 1.54) is 0 Å². The van der Waals surface area contributed by atoms with Crippen LogP contribution in [0.3, 0.4) is 0 Å². The largest absolute Gasteiger partial charge is 0.496 e. The van der Waals surface area contributed by atoms with Gasteiger partial charge in [0.05, 0.1) is 18.5 Å². The molecule has 2 aromatic heterocycles. The van der Waals surface area contributed by atoms with Gasteiger partial charge in [-0.05, 0) is 26.0 Å². The Morgan fingerprint density at radius 2 is 2.08 bits per heavy atom.